The quantitative estimate of drug-likeness (QED) is 0.568. The molecule has 0 saturated carbocycles. The number of Topliss-reactive ketones (excluding diaryl/α,β-unsaturated/α-hetero) is 1. The number of hydroxylamine groups is 1. The summed E-state index contributed by atoms with van der Waals surface area (Å²) in [5.41, 5.74) is 5.67. The van der Waals surface area contributed by atoms with Crippen LogP contribution < -0.4 is 5.48 Å². The molecule has 0 heterocycles. The highest BCUT2D eigenvalue weighted by molar-refractivity contribution is 7.90. The highest BCUT2D eigenvalue weighted by atomic mass is 32.2. The van der Waals surface area contributed by atoms with Crippen LogP contribution in [0.3, 0.4) is 0 Å². The Morgan fingerprint density at radius 2 is 1.53 bits per heavy atom. The number of carbonyl (C=O) groups excluding carboxylic acids is 1. The van der Waals surface area contributed by atoms with Crippen LogP contribution in [0.15, 0.2) is 107 Å². The van der Waals surface area contributed by atoms with Gasteiger partial charge in [0, 0.05) is 22.8 Å². The van der Waals surface area contributed by atoms with Gasteiger partial charge in [-0.3, -0.25) is 4.79 Å². The van der Waals surface area contributed by atoms with Gasteiger partial charge < -0.3 is 4.84 Å². The smallest absolute Gasteiger partial charge is 0.282 e. The Hall–Kier alpha value is -3.97. The summed E-state index contributed by atoms with van der Waals surface area (Å²) >= 11 is 0. The van der Waals surface area contributed by atoms with Crippen molar-refractivity contribution in [3.05, 3.63) is 120 Å². The third kappa shape index (κ3) is 4.38. The van der Waals surface area contributed by atoms with E-state index >= 15 is 0 Å². The van der Waals surface area contributed by atoms with Crippen molar-refractivity contribution in [1.82, 2.24) is 5.48 Å². The van der Waals surface area contributed by atoms with Gasteiger partial charge in [-0.2, -0.15) is 12.8 Å². The lowest BCUT2D eigenvalue weighted by Crippen LogP contribution is -2.24. The first-order valence-corrected chi connectivity index (χ1v) is 11.2. The Morgan fingerprint density at radius 1 is 0.906 bits per heavy atom. The summed E-state index contributed by atoms with van der Waals surface area (Å²) in [5, 5.41) is 0. The lowest BCUT2D eigenvalue weighted by molar-refractivity contribution is 0.0841. The number of sulfonamides is 1. The van der Waals surface area contributed by atoms with Gasteiger partial charge in [-0.05, 0) is 19.1 Å². The van der Waals surface area contributed by atoms with Gasteiger partial charge in [0.15, 0.2) is 0 Å². The van der Waals surface area contributed by atoms with Gasteiger partial charge >= 0.3 is 0 Å². The van der Waals surface area contributed by atoms with E-state index in [4.69, 9.17) is 4.84 Å². The predicted octanol–water partition coefficient (Wildman–Crippen LogP) is 4.45. The van der Waals surface area contributed by atoms with Gasteiger partial charge in [-0.1, -0.05) is 78.9 Å². The van der Waals surface area contributed by atoms with Crippen molar-refractivity contribution in [3.63, 3.8) is 0 Å². The van der Waals surface area contributed by atoms with Gasteiger partial charge in [0.25, 0.3) is 10.0 Å². The molecule has 0 bridgehead atoms. The van der Waals surface area contributed by atoms with Gasteiger partial charge in [-0.25, -0.2) is 5.48 Å². The zero-order valence-corrected chi connectivity index (χ0v) is 18.1. The van der Waals surface area contributed by atoms with E-state index in [-0.39, 0.29) is 22.1 Å². The molecule has 0 unspecified atom stereocenters. The van der Waals surface area contributed by atoms with Gasteiger partial charge in [0.2, 0.25) is 11.5 Å². The molecule has 3 aromatic carbocycles. The lowest BCUT2D eigenvalue weighted by atomic mass is 9.93. The van der Waals surface area contributed by atoms with Crippen LogP contribution in [-0.4, -0.2) is 19.9 Å². The standard InChI is InChI=1S/C25H20N2O4S/c1-17-12-14-20(15-13-17)32(29,30)27-23-16-24(25(28)22-11-7-6-10-21(22)23)31-26-18(2)19-8-4-3-5-9-19/h3-16,26H,2H2,1H3. The molecule has 1 N–H and O–H groups in total. The van der Waals surface area contributed by atoms with Crippen molar-refractivity contribution in [2.75, 3.05) is 0 Å². The van der Waals surface area contributed by atoms with Crippen LogP contribution >= 0.6 is 0 Å². The maximum Gasteiger partial charge on any atom is 0.282 e. The molecule has 0 aliphatic heterocycles. The number of carbonyl (C=O) groups is 1. The summed E-state index contributed by atoms with van der Waals surface area (Å²) in [6, 6.07) is 22.3. The highest BCUT2D eigenvalue weighted by Gasteiger charge is 2.28. The van der Waals surface area contributed by atoms with Crippen LogP contribution in [0.4, 0.5) is 0 Å². The summed E-state index contributed by atoms with van der Waals surface area (Å²) in [7, 11) is -4.00. The second-order valence-electron chi connectivity index (χ2n) is 7.20. The van der Waals surface area contributed by atoms with Crippen molar-refractivity contribution in [1.29, 1.82) is 0 Å². The van der Waals surface area contributed by atoms with E-state index in [0.29, 0.717) is 16.8 Å². The van der Waals surface area contributed by atoms with E-state index in [2.05, 4.69) is 16.5 Å². The van der Waals surface area contributed by atoms with E-state index in [0.717, 1.165) is 11.1 Å². The molecule has 4 rings (SSSR count). The van der Waals surface area contributed by atoms with E-state index in [1.54, 1.807) is 36.4 Å². The molecule has 0 aromatic heterocycles. The van der Waals surface area contributed by atoms with Crippen molar-refractivity contribution in [2.45, 2.75) is 11.8 Å². The molecule has 3 aromatic rings. The Kier molecular flexibility index (Phi) is 5.75. The molecule has 0 spiro atoms. The largest absolute Gasteiger partial charge is 0.378 e. The lowest BCUT2D eigenvalue weighted by Gasteiger charge is -2.18. The average Bonchev–Trinajstić information content (AvgIpc) is 2.80. The molecule has 0 radical (unpaired) electrons. The zero-order valence-electron chi connectivity index (χ0n) is 17.3. The number of benzene rings is 3. The molecule has 1 aliphatic carbocycles. The van der Waals surface area contributed by atoms with Crippen LogP contribution in [0.25, 0.3) is 5.70 Å². The third-order valence-corrected chi connectivity index (χ3v) is 6.19. The second-order valence-corrected chi connectivity index (χ2v) is 8.80. The molecule has 0 atom stereocenters. The molecule has 1 aliphatic rings. The average molecular weight is 445 g/mol. The molecule has 0 fully saturated rings. The number of rotatable bonds is 6. The molecule has 0 saturated heterocycles. The Morgan fingerprint density at radius 3 is 2.22 bits per heavy atom. The molecular formula is C25H20N2O4S. The summed E-state index contributed by atoms with van der Waals surface area (Å²) in [6.07, 6.45) is 1.32. The number of hydrogen-bond donors (Lipinski definition) is 1. The first-order valence-electron chi connectivity index (χ1n) is 9.80. The maximum atomic E-state index is 12.9. The van der Waals surface area contributed by atoms with Crippen LogP contribution in [0.5, 0.6) is 0 Å². The molecule has 32 heavy (non-hydrogen) atoms. The topological polar surface area (TPSA) is 84.8 Å². The van der Waals surface area contributed by atoms with Crippen LogP contribution in [0.1, 0.15) is 27.0 Å². The highest BCUT2D eigenvalue weighted by Crippen LogP contribution is 2.25. The van der Waals surface area contributed by atoms with Gasteiger partial charge in [0.05, 0.1) is 16.3 Å². The van der Waals surface area contributed by atoms with E-state index in [1.165, 1.54) is 18.2 Å². The monoisotopic (exact) mass is 444 g/mol. The number of hydrogen-bond acceptors (Lipinski definition) is 5. The van der Waals surface area contributed by atoms with Gasteiger partial charge in [-0.15, -0.1) is 0 Å². The SMILES string of the molecule is C=C(NOC1=CC(=NS(=O)(=O)c2ccc(C)cc2)c2ccccc2C1=O)c1ccccc1. The van der Waals surface area contributed by atoms with Crippen molar-refractivity contribution >= 4 is 27.2 Å². The Balaban J connectivity index is 1.69. The number of aryl methyl sites for hydroxylation is 1. The summed E-state index contributed by atoms with van der Waals surface area (Å²) in [6.45, 7) is 5.77. The summed E-state index contributed by atoms with van der Waals surface area (Å²) in [4.78, 5) is 18.5. The number of nitrogens with one attached hydrogen (secondary N) is 1. The molecule has 7 heteroatoms. The predicted molar refractivity (Wildman–Crippen MR) is 123 cm³/mol. The number of nitrogens with zero attached hydrogens (tertiary/aromatic N) is 1. The minimum absolute atomic E-state index is 0.0661. The second kappa shape index (κ2) is 8.64. The first-order chi connectivity index (χ1) is 15.3. The van der Waals surface area contributed by atoms with Crippen LogP contribution in [0.2, 0.25) is 0 Å². The number of allylic oxidation sites excluding steroid dienone is 2. The van der Waals surface area contributed by atoms with E-state index in [9.17, 15) is 13.2 Å². The third-order valence-electron chi connectivity index (χ3n) is 4.88. The Labute approximate surface area is 186 Å². The zero-order chi connectivity index (χ0) is 22.7. The minimum atomic E-state index is -4.00. The van der Waals surface area contributed by atoms with Crippen molar-refractivity contribution in [2.24, 2.45) is 4.40 Å². The summed E-state index contributed by atoms with van der Waals surface area (Å²) in [5.74, 6) is -0.473. The number of ketones is 1. The molecule has 160 valence electrons. The first kappa shape index (κ1) is 21.3. The van der Waals surface area contributed by atoms with E-state index in [1.807, 2.05) is 37.3 Å². The fourth-order valence-corrected chi connectivity index (χ4v) is 4.16. The van der Waals surface area contributed by atoms with Crippen LogP contribution in [-0.2, 0) is 14.9 Å². The molecule has 6 nitrogen and oxygen atoms in total. The van der Waals surface area contributed by atoms with E-state index < -0.39 is 10.0 Å². The number of fused-ring (bicyclic) bond motifs is 1. The Bertz CT molecular complexity index is 1360. The molecular weight excluding hydrogens is 424 g/mol. The maximum absolute atomic E-state index is 12.9. The van der Waals surface area contributed by atoms with Crippen molar-refractivity contribution < 1.29 is 18.0 Å². The normalized spacial score (nSPS) is 14.5. The van der Waals surface area contributed by atoms with Crippen molar-refractivity contribution in [3.8, 4) is 0 Å². The van der Waals surface area contributed by atoms with Crippen LogP contribution in [0, 0.1) is 6.92 Å². The minimum Gasteiger partial charge on any atom is -0.378 e. The fraction of sp³-hybridized carbons (Fsp3) is 0.0400. The molecule has 0 amide bonds. The summed E-state index contributed by atoms with van der Waals surface area (Å²) < 4.78 is 29.8. The van der Waals surface area contributed by atoms with Gasteiger partial charge in [0.1, 0.15) is 0 Å². The fourth-order valence-electron chi connectivity index (χ4n) is 3.16.